The van der Waals surface area contributed by atoms with Gasteiger partial charge < -0.3 is 10.6 Å². The molecule has 4 aromatic carbocycles. The van der Waals surface area contributed by atoms with Crippen molar-refractivity contribution in [1.29, 1.82) is 0 Å². The van der Waals surface area contributed by atoms with Crippen molar-refractivity contribution >= 4 is 11.8 Å². The highest BCUT2D eigenvalue weighted by molar-refractivity contribution is 5.80. The molecule has 1 aliphatic carbocycles. The highest BCUT2D eigenvalue weighted by Crippen LogP contribution is 2.43. The van der Waals surface area contributed by atoms with Crippen LogP contribution in [0.2, 0.25) is 0 Å². The summed E-state index contributed by atoms with van der Waals surface area (Å²) >= 11 is 0. The minimum atomic E-state index is -0.867. The van der Waals surface area contributed by atoms with E-state index in [0.29, 0.717) is 23.5 Å². The molecule has 1 aliphatic rings. The molecule has 1 saturated carbocycles. The number of benzene rings is 4. The summed E-state index contributed by atoms with van der Waals surface area (Å²) in [5, 5.41) is 13.7. The van der Waals surface area contributed by atoms with Gasteiger partial charge in [0.25, 0.3) is 0 Å². The molecule has 0 atom stereocenters. The van der Waals surface area contributed by atoms with Gasteiger partial charge in [0.15, 0.2) is 5.82 Å². The quantitative estimate of drug-likeness (QED) is 0.164. The van der Waals surface area contributed by atoms with Crippen molar-refractivity contribution in [3.05, 3.63) is 138 Å². The third-order valence-electron chi connectivity index (χ3n) is 8.49. The number of nitrogen functional groups attached to an aromatic ring is 1. The first kappa shape index (κ1) is 28.4. The molecule has 7 rings (SSSR count). The molecule has 0 unspecified atom stereocenters. The van der Waals surface area contributed by atoms with Gasteiger partial charge in [-0.1, -0.05) is 122 Å². The normalized spacial score (nSPS) is 13.1. The number of tetrazole rings is 1. The third-order valence-corrected chi connectivity index (χ3v) is 8.49. The lowest BCUT2D eigenvalue weighted by Crippen LogP contribution is -2.39. The molecular weight excluding hydrogens is 556 g/mol. The first-order valence-electron chi connectivity index (χ1n) is 15.6. The molecule has 2 aromatic heterocycles. The number of nitrogens with two attached hydrogens (primary N) is 1. The molecule has 2 heterocycles. The maximum absolute atomic E-state index is 6.45. The van der Waals surface area contributed by atoms with E-state index < -0.39 is 5.54 Å². The van der Waals surface area contributed by atoms with Crippen molar-refractivity contribution in [3.8, 4) is 22.6 Å². The van der Waals surface area contributed by atoms with E-state index in [2.05, 4.69) is 112 Å². The van der Waals surface area contributed by atoms with Crippen LogP contribution >= 0.6 is 0 Å². The van der Waals surface area contributed by atoms with Crippen molar-refractivity contribution in [1.82, 2.24) is 30.2 Å². The van der Waals surface area contributed by atoms with E-state index in [9.17, 15) is 0 Å². The van der Waals surface area contributed by atoms with Crippen LogP contribution in [-0.4, -0.2) is 43.3 Å². The van der Waals surface area contributed by atoms with Crippen LogP contribution in [-0.2, 0) is 5.54 Å². The van der Waals surface area contributed by atoms with Crippen molar-refractivity contribution in [2.45, 2.75) is 31.7 Å². The Morgan fingerprint density at radius 1 is 0.756 bits per heavy atom. The third kappa shape index (κ3) is 5.44. The summed E-state index contributed by atoms with van der Waals surface area (Å²) < 4.78 is 1.95. The van der Waals surface area contributed by atoms with Gasteiger partial charge in [0.05, 0.1) is 5.69 Å². The fourth-order valence-electron chi connectivity index (χ4n) is 6.27. The summed E-state index contributed by atoms with van der Waals surface area (Å²) in [4.78, 5) is 12.0. The lowest BCUT2D eigenvalue weighted by molar-refractivity contribution is 0.451. The zero-order chi connectivity index (χ0) is 30.6. The predicted molar refractivity (Wildman–Crippen MR) is 179 cm³/mol. The molecule has 224 valence electrons. The molecular formula is C37H36N8. The van der Waals surface area contributed by atoms with Crippen LogP contribution < -0.4 is 10.6 Å². The highest BCUT2D eigenvalue weighted by Gasteiger charge is 2.42. The number of hydrogen-bond acceptors (Lipinski definition) is 7. The lowest BCUT2D eigenvalue weighted by Gasteiger charge is -2.36. The van der Waals surface area contributed by atoms with Crippen LogP contribution in [0.4, 0.5) is 11.8 Å². The van der Waals surface area contributed by atoms with Crippen molar-refractivity contribution < 1.29 is 0 Å². The largest absolute Gasteiger partial charge is 0.384 e. The van der Waals surface area contributed by atoms with E-state index in [1.807, 2.05) is 41.1 Å². The summed E-state index contributed by atoms with van der Waals surface area (Å²) in [6.07, 6.45) is 3.52. The second kappa shape index (κ2) is 12.3. The first-order chi connectivity index (χ1) is 22.2. The van der Waals surface area contributed by atoms with E-state index in [1.54, 1.807) is 0 Å². The second-order valence-electron chi connectivity index (χ2n) is 11.6. The molecule has 2 N–H and O–H groups in total. The first-order valence-corrected chi connectivity index (χ1v) is 15.6. The van der Waals surface area contributed by atoms with Gasteiger partial charge in [0.2, 0.25) is 5.95 Å². The van der Waals surface area contributed by atoms with Gasteiger partial charge in [-0.25, -0.2) is 9.67 Å². The summed E-state index contributed by atoms with van der Waals surface area (Å²) in [5.74, 6) is 2.42. The van der Waals surface area contributed by atoms with Gasteiger partial charge in [0.1, 0.15) is 11.4 Å². The molecule has 8 nitrogen and oxygen atoms in total. The zero-order valence-corrected chi connectivity index (χ0v) is 25.4. The van der Waals surface area contributed by atoms with E-state index in [4.69, 9.17) is 15.9 Å². The minimum absolute atomic E-state index is 0.438. The molecule has 0 amide bonds. The maximum atomic E-state index is 6.45. The molecule has 1 fully saturated rings. The highest BCUT2D eigenvalue weighted by atomic mass is 15.6. The Morgan fingerprint density at radius 3 is 1.87 bits per heavy atom. The maximum Gasteiger partial charge on any atom is 0.227 e. The Balaban J connectivity index is 1.44. The van der Waals surface area contributed by atoms with Gasteiger partial charge in [-0.3, -0.25) is 0 Å². The summed E-state index contributed by atoms with van der Waals surface area (Å²) in [6, 6.07) is 41.2. The molecule has 0 bridgehead atoms. The van der Waals surface area contributed by atoms with Crippen LogP contribution in [0.25, 0.3) is 22.6 Å². The Morgan fingerprint density at radius 2 is 1.31 bits per heavy atom. The Hall–Kier alpha value is -5.37. The van der Waals surface area contributed by atoms with E-state index in [0.717, 1.165) is 53.0 Å². The second-order valence-corrected chi connectivity index (χ2v) is 11.6. The molecule has 0 saturated heterocycles. The molecule has 45 heavy (non-hydrogen) atoms. The van der Waals surface area contributed by atoms with E-state index >= 15 is 0 Å². The standard InChI is InChI=1S/C37H36N8/c1-2-24-44(26-27-22-23-27)36-39-33(25-34(38)40-36)31-20-12-13-21-32(31)35-41-42-43-45(35)37(28-14-6-3-7-15-28,29-16-8-4-9-17-29)30-18-10-5-11-19-30/h3-21,25,27H,2,22-24,26H2,1H3,(H2,38,39,40). The molecule has 0 spiro atoms. The topological polar surface area (TPSA) is 98.6 Å². The fraction of sp³-hybridized carbons (Fsp3) is 0.216. The molecule has 8 heteroatoms. The van der Waals surface area contributed by atoms with Gasteiger partial charge in [-0.2, -0.15) is 4.98 Å². The average Bonchev–Trinajstić information content (AvgIpc) is 3.79. The SMILES string of the molecule is CCCN(CC1CC1)c1nc(N)cc(-c2ccccc2-c2nnnn2C(c2ccccc2)(c2ccccc2)c2ccccc2)n1. The van der Waals surface area contributed by atoms with Crippen LogP contribution in [0, 0.1) is 5.92 Å². The van der Waals surface area contributed by atoms with E-state index in [-0.39, 0.29) is 0 Å². The number of aromatic nitrogens is 6. The number of nitrogens with zero attached hydrogens (tertiary/aromatic N) is 7. The van der Waals surface area contributed by atoms with Crippen molar-refractivity contribution in [2.24, 2.45) is 5.92 Å². The van der Waals surface area contributed by atoms with Gasteiger partial charge in [-0.05, 0) is 52.3 Å². The minimum Gasteiger partial charge on any atom is -0.384 e. The van der Waals surface area contributed by atoms with Crippen LogP contribution in [0.5, 0.6) is 0 Å². The summed E-state index contributed by atoms with van der Waals surface area (Å²) in [7, 11) is 0. The Kier molecular flexibility index (Phi) is 7.78. The van der Waals surface area contributed by atoms with Gasteiger partial charge >= 0.3 is 0 Å². The predicted octanol–water partition coefficient (Wildman–Crippen LogP) is 6.85. The monoisotopic (exact) mass is 592 g/mol. The fourth-order valence-corrected chi connectivity index (χ4v) is 6.27. The van der Waals surface area contributed by atoms with E-state index in [1.165, 1.54) is 12.8 Å². The summed E-state index contributed by atoms with van der Waals surface area (Å²) in [5.41, 5.74) is 11.2. The van der Waals surface area contributed by atoms with Crippen LogP contribution in [0.3, 0.4) is 0 Å². The average molecular weight is 593 g/mol. The Labute approximate surface area is 263 Å². The smallest absolute Gasteiger partial charge is 0.227 e. The molecule has 6 aromatic rings. The van der Waals surface area contributed by atoms with Crippen LogP contribution in [0.15, 0.2) is 121 Å². The van der Waals surface area contributed by atoms with Gasteiger partial charge in [0, 0.05) is 30.3 Å². The number of anilines is 2. The van der Waals surface area contributed by atoms with Gasteiger partial charge in [-0.15, -0.1) is 5.10 Å². The van der Waals surface area contributed by atoms with Crippen molar-refractivity contribution in [3.63, 3.8) is 0 Å². The van der Waals surface area contributed by atoms with Crippen LogP contribution in [0.1, 0.15) is 42.9 Å². The molecule has 0 aliphatic heterocycles. The lowest BCUT2D eigenvalue weighted by atomic mass is 9.77. The number of hydrogen-bond donors (Lipinski definition) is 1. The van der Waals surface area contributed by atoms with Crippen molar-refractivity contribution in [2.75, 3.05) is 23.7 Å². The summed E-state index contributed by atoms with van der Waals surface area (Å²) in [6.45, 7) is 4.01. The molecule has 0 radical (unpaired) electrons. The Bertz CT molecular complexity index is 1770. The zero-order valence-electron chi connectivity index (χ0n) is 25.4. The number of rotatable bonds is 11.